The molecule has 0 radical (unpaired) electrons. The first-order valence-electron chi connectivity index (χ1n) is 10.6. The number of β-amino-alcohol motifs (C(OH)–C–C–N with tert-alkyl or cyclic N) is 1. The minimum Gasteiger partial charge on any atom is -0.379 e. The van der Waals surface area contributed by atoms with Gasteiger partial charge in [0, 0.05) is 32.7 Å². The van der Waals surface area contributed by atoms with Crippen LogP contribution in [0.3, 0.4) is 0 Å². The van der Waals surface area contributed by atoms with E-state index in [9.17, 15) is 14.7 Å². The van der Waals surface area contributed by atoms with Crippen molar-refractivity contribution in [1.29, 1.82) is 0 Å². The predicted octanol–water partition coefficient (Wildman–Crippen LogP) is 0.965. The van der Waals surface area contributed by atoms with Gasteiger partial charge in [-0.25, -0.2) is 0 Å². The molecule has 1 aromatic rings. The van der Waals surface area contributed by atoms with Crippen LogP contribution in [0.1, 0.15) is 38.2 Å². The number of amidine groups is 1. The highest BCUT2D eigenvalue weighted by molar-refractivity contribution is 6.07. The monoisotopic (exact) mass is 398 g/mol. The lowest BCUT2D eigenvalue weighted by Crippen LogP contribution is -2.60. The van der Waals surface area contributed by atoms with E-state index in [1.54, 1.807) is 4.90 Å². The normalized spacial score (nSPS) is 27.2. The highest BCUT2D eigenvalue weighted by Crippen LogP contribution is 2.32. The van der Waals surface area contributed by atoms with Gasteiger partial charge in [0.25, 0.3) is 11.8 Å². The first-order chi connectivity index (χ1) is 13.9. The first kappa shape index (κ1) is 20.0. The van der Waals surface area contributed by atoms with Crippen molar-refractivity contribution in [3.8, 4) is 0 Å². The molecule has 7 nitrogen and oxygen atoms in total. The molecule has 1 aromatic carbocycles. The van der Waals surface area contributed by atoms with Crippen LogP contribution in [0.15, 0.2) is 35.3 Å². The summed E-state index contributed by atoms with van der Waals surface area (Å²) in [7, 11) is 0. The van der Waals surface area contributed by atoms with Gasteiger partial charge in [-0.15, -0.1) is 0 Å². The summed E-state index contributed by atoms with van der Waals surface area (Å²) >= 11 is 0. The van der Waals surface area contributed by atoms with Crippen LogP contribution in [0.5, 0.6) is 0 Å². The summed E-state index contributed by atoms with van der Waals surface area (Å²) in [5.74, 6) is 0.500. The van der Waals surface area contributed by atoms with E-state index < -0.39 is 11.1 Å². The van der Waals surface area contributed by atoms with Crippen LogP contribution in [-0.4, -0.2) is 76.4 Å². The van der Waals surface area contributed by atoms with Crippen molar-refractivity contribution in [3.63, 3.8) is 0 Å². The molecule has 3 aliphatic heterocycles. The number of amides is 2. The van der Waals surface area contributed by atoms with E-state index in [-0.39, 0.29) is 11.8 Å². The number of likely N-dealkylation sites (tertiary alicyclic amines) is 2. The molecule has 2 amide bonds. The van der Waals surface area contributed by atoms with Gasteiger partial charge in [-0.1, -0.05) is 30.3 Å². The number of nitrogens with one attached hydrogen (secondary N) is 1. The molecule has 3 aliphatic rings. The number of piperidine rings is 2. The molecule has 2 N–H and O–H groups in total. The zero-order valence-corrected chi connectivity index (χ0v) is 17.1. The summed E-state index contributed by atoms with van der Waals surface area (Å²) in [6, 6.07) is 10.1. The Morgan fingerprint density at radius 3 is 2.48 bits per heavy atom. The second-order valence-corrected chi connectivity index (χ2v) is 8.62. The van der Waals surface area contributed by atoms with Crippen LogP contribution in [0.2, 0.25) is 0 Å². The SMILES string of the molecule is CC1=NC2(CCN(CC3(O)CCCN(CCc4ccccc4)C3=O)CC2)C(=O)N1. The van der Waals surface area contributed by atoms with Gasteiger partial charge in [0.15, 0.2) is 5.60 Å². The lowest BCUT2D eigenvalue weighted by atomic mass is 9.85. The smallest absolute Gasteiger partial charge is 0.255 e. The molecule has 2 fully saturated rings. The maximum absolute atomic E-state index is 13.1. The number of benzene rings is 1. The van der Waals surface area contributed by atoms with E-state index in [0.717, 1.165) is 12.8 Å². The zero-order chi connectivity index (χ0) is 20.5. The Bertz CT molecular complexity index is 802. The molecule has 1 unspecified atom stereocenters. The Kier molecular flexibility index (Phi) is 5.44. The van der Waals surface area contributed by atoms with Crippen molar-refractivity contribution < 1.29 is 14.7 Å². The second-order valence-electron chi connectivity index (χ2n) is 8.62. The van der Waals surface area contributed by atoms with Gasteiger partial charge in [0.2, 0.25) is 0 Å². The Balaban J connectivity index is 1.34. The highest BCUT2D eigenvalue weighted by Gasteiger charge is 2.48. The van der Waals surface area contributed by atoms with Crippen LogP contribution in [0.25, 0.3) is 0 Å². The van der Waals surface area contributed by atoms with Crippen LogP contribution in [0.4, 0.5) is 0 Å². The van der Waals surface area contributed by atoms with E-state index in [4.69, 9.17) is 0 Å². The molecule has 4 rings (SSSR count). The number of nitrogens with zero attached hydrogens (tertiary/aromatic N) is 3. The number of carbonyl (C=O) groups excluding carboxylic acids is 2. The first-order valence-corrected chi connectivity index (χ1v) is 10.6. The number of rotatable bonds is 5. The average molecular weight is 399 g/mol. The highest BCUT2D eigenvalue weighted by atomic mass is 16.3. The van der Waals surface area contributed by atoms with Crippen LogP contribution in [-0.2, 0) is 16.0 Å². The molecule has 1 spiro atoms. The Morgan fingerprint density at radius 1 is 1.10 bits per heavy atom. The minimum atomic E-state index is -1.34. The third-order valence-corrected chi connectivity index (χ3v) is 6.48. The molecule has 7 heteroatoms. The molecular formula is C22H30N4O3. The number of hydrogen-bond donors (Lipinski definition) is 2. The third kappa shape index (κ3) is 4.07. The molecule has 3 heterocycles. The molecule has 156 valence electrons. The standard InChI is InChI=1S/C22H30N4O3/c1-17-23-19(27)21(24-17)10-14-25(15-11-21)16-22(29)9-5-12-26(20(22)28)13-8-18-6-3-2-4-7-18/h2-4,6-7,29H,5,8-16H2,1H3,(H,23,24,27). The quantitative estimate of drug-likeness (QED) is 0.774. The molecule has 2 saturated heterocycles. The topological polar surface area (TPSA) is 85.2 Å². The van der Waals surface area contributed by atoms with E-state index in [1.165, 1.54) is 5.56 Å². The van der Waals surface area contributed by atoms with Gasteiger partial charge in [-0.05, 0) is 44.6 Å². The van der Waals surface area contributed by atoms with Gasteiger partial charge in [-0.2, -0.15) is 0 Å². The summed E-state index contributed by atoms with van der Waals surface area (Å²) < 4.78 is 0. The van der Waals surface area contributed by atoms with Crippen molar-refractivity contribution in [2.75, 3.05) is 32.7 Å². The van der Waals surface area contributed by atoms with Gasteiger partial charge >= 0.3 is 0 Å². The predicted molar refractivity (Wildman–Crippen MR) is 111 cm³/mol. The molecule has 1 atom stereocenters. The van der Waals surface area contributed by atoms with Crippen molar-refractivity contribution in [2.24, 2.45) is 4.99 Å². The van der Waals surface area contributed by atoms with Crippen LogP contribution >= 0.6 is 0 Å². The largest absolute Gasteiger partial charge is 0.379 e. The van der Waals surface area contributed by atoms with E-state index in [1.807, 2.05) is 25.1 Å². The lowest BCUT2D eigenvalue weighted by Gasteiger charge is -2.43. The lowest BCUT2D eigenvalue weighted by molar-refractivity contribution is -0.160. The number of hydrogen-bond acceptors (Lipinski definition) is 5. The van der Waals surface area contributed by atoms with E-state index in [2.05, 4.69) is 27.3 Å². The number of aliphatic imine (C=N–C) groups is 1. The van der Waals surface area contributed by atoms with Crippen LogP contribution in [0, 0.1) is 0 Å². The molecular weight excluding hydrogens is 368 g/mol. The van der Waals surface area contributed by atoms with E-state index in [0.29, 0.717) is 57.8 Å². The maximum atomic E-state index is 13.1. The van der Waals surface area contributed by atoms with Crippen molar-refractivity contribution in [1.82, 2.24) is 15.1 Å². The Morgan fingerprint density at radius 2 is 1.83 bits per heavy atom. The zero-order valence-electron chi connectivity index (χ0n) is 17.1. The fraction of sp³-hybridized carbons (Fsp3) is 0.591. The fourth-order valence-corrected chi connectivity index (χ4v) is 4.80. The number of carbonyl (C=O) groups is 2. The summed E-state index contributed by atoms with van der Waals surface area (Å²) in [4.78, 5) is 33.7. The van der Waals surface area contributed by atoms with Gasteiger partial charge in [0.1, 0.15) is 11.4 Å². The molecule has 0 saturated carbocycles. The summed E-state index contributed by atoms with van der Waals surface area (Å²) in [5.41, 5.74) is -0.792. The summed E-state index contributed by atoms with van der Waals surface area (Å²) in [6.07, 6.45) is 3.34. The summed E-state index contributed by atoms with van der Waals surface area (Å²) in [5, 5.41) is 14.0. The molecule has 0 bridgehead atoms. The average Bonchev–Trinajstić information content (AvgIpc) is 2.99. The molecule has 29 heavy (non-hydrogen) atoms. The molecule has 0 aromatic heterocycles. The maximum Gasteiger partial charge on any atom is 0.255 e. The summed E-state index contributed by atoms with van der Waals surface area (Å²) in [6.45, 7) is 4.78. The van der Waals surface area contributed by atoms with Gasteiger partial charge in [-0.3, -0.25) is 19.5 Å². The molecule has 0 aliphatic carbocycles. The third-order valence-electron chi connectivity index (χ3n) is 6.48. The number of aliphatic hydroxyl groups is 1. The van der Waals surface area contributed by atoms with Gasteiger partial charge < -0.3 is 15.3 Å². The van der Waals surface area contributed by atoms with Crippen LogP contribution < -0.4 is 5.32 Å². The minimum absolute atomic E-state index is 0.0193. The fourth-order valence-electron chi connectivity index (χ4n) is 4.80. The van der Waals surface area contributed by atoms with Crippen molar-refractivity contribution >= 4 is 17.6 Å². The van der Waals surface area contributed by atoms with Gasteiger partial charge in [0.05, 0.1) is 0 Å². The second kappa shape index (κ2) is 7.88. The Hall–Kier alpha value is -2.25. The van der Waals surface area contributed by atoms with E-state index >= 15 is 0 Å². The Labute approximate surface area is 171 Å². The van der Waals surface area contributed by atoms with Crippen molar-refractivity contribution in [3.05, 3.63) is 35.9 Å². The van der Waals surface area contributed by atoms with Crippen molar-refractivity contribution in [2.45, 2.75) is 50.2 Å².